The summed E-state index contributed by atoms with van der Waals surface area (Å²) in [6.45, 7) is 1.58. The Labute approximate surface area is 95.8 Å². The van der Waals surface area contributed by atoms with Crippen molar-refractivity contribution in [1.29, 1.82) is 0 Å². The molecule has 0 radical (unpaired) electrons. The van der Waals surface area contributed by atoms with Crippen LogP contribution in [-0.2, 0) is 0 Å². The molecule has 2 N–H and O–H groups in total. The number of hydrogen-bond acceptors (Lipinski definition) is 3. The Morgan fingerprint density at radius 3 is 2.40 bits per heavy atom. The van der Waals surface area contributed by atoms with Gasteiger partial charge in [0.2, 0.25) is 0 Å². The largest absolute Gasteiger partial charge is 0.492 e. The molecule has 15 heavy (non-hydrogen) atoms. The van der Waals surface area contributed by atoms with Crippen molar-refractivity contribution < 1.29 is 4.74 Å². The van der Waals surface area contributed by atoms with Crippen LogP contribution in [0.15, 0.2) is 24.3 Å². The summed E-state index contributed by atoms with van der Waals surface area (Å²) in [6.07, 6.45) is 0. The molecule has 0 atom stereocenters. The molecular weight excluding hydrogens is 208 g/mol. The number of rotatable bonds is 5. The molecule has 1 rings (SSSR count). The van der Waals surface area contributed by atoms with Crippen LogP contribution in [0.2, 0.25) is 0 Å². The summed E-state index contributed by atoms with van der Waals surface area (Å²) >= 11 is 4.86. The SMILES string of the molecule is CN(C)CCOc1ccc(C(N)=S)cc1. The summed E-state index contributed by atoms with van der Waals surface area (Å²) in [4.78, 5) is 2.48. The summed E-state index contributed by atoms with van der Waals surface area (Å²) in [5, 5.41) is 0. The molecule has 0 amide bonds. The fourth-order valence-electron chi connectivity index (χ4n) is 1.06. The Balaban J connectivity index is 2.46. The minimum absolute atomic E-state index is 0.412. The predicted molar refractivity (Wildman–Crippen MR) is 66.4 cm³/mol. The van der Waals surface area contributed by atoms with E-state index >= 15 is 0 Å². The van der Waals surface area contributed by atoms with Crippen molar-refractivity contribution in [2.45, 2.75) is 0 Å². The van der Waals surface area contributed by atoms with Crippen LogP contribution in [0, 0.1) is 0 Å². The van der Waals surface area contributed by atoms with Crippen molar-refractivity contribution in [2.75, 3.05) is 27.2 Å². The number of nitrogens with zero attached hydrogens (tertiary/aromatic N) is 1. The zero-order chi connectivity index (χ0) is 11.3. The predicted octanol–water partition coefficient (Wildman–Crippen LogP) is 1.26. The first-order valence-corrected chi connectivity index (χ1v) is 5.18. The standard InChI is InChI=1S/C11H16N2OS/c1-13(2)7-8-14-10-5-3-9(4-6-10)11(12)15/h3-6H,7-8H2,1-2H3,(H2,12,15). The van der Waals surface area contributed by atoms with Gasteiger partial charge in [0.1, 0.15) is 17.3 Å². The lowest BCUT2D eigenvalue weighted by atomic mass is 10.2. The Kier molecular flexibility index (Phi) is 4.52. The summed E-state index contributed by atoms with van der Waals surface area (Å²) in [7, 11) is 4.03. The van der Waals surface area contributed by atoms with E-state index in [0.717, 1.165) is 17.9 Å². The molecule has 0 fully saturated rings. The van der Waals surface area contributed by atoms with Crippen molar-refractivity contribution in [3.8, 4) is 5.75 Å². The highest BCUT2D eigenvalue weighted by Crippen LogP contribution is 2.11. The summed E-state index contributed by atoms with van der Waals surface area (Å²) in [6, 6.07) is 7.49. The van der Waals surface area contributed by atoms with E-state index in [2.05, 4.69) is 4.90 Å². The van der Waals surface area contributed by atoms with Crippen LogP contribution in [0.5, 0.6) is 5.75 Å². The zero-order valence-electron chi connectivity index (χ0n) is 9.06. The molecular formula is C11H16N2OS. The second-order valence-corrected chi connectivity index (χ2v) is 3.98. The maximum atomic E-state index is 5.53. The molecule has 4 heteroatoms. The quantitative estimate of drug-likeness (QED) is 0.764. The molecule has 0 saturated carbocycles. The van der Waals surface area contributed by atoms with Crippen LogP contribution >= 0.6 is 12.2 Å². The van der Waals surface area contributed by atoms with Gasteiger partial charge >= 0.3 is 0 Å². The van der Waals surface area contributed by atoms with Gasteiger partial charge in [-0.1, -0.05) is 12.2 Å². The van der Waals surface area contributed by atoms with Crippen LogP contribution in [-0.4, -0.2) is 37.1 Å². The third-order valence-electron chi connectivity index (χ3n) is 1.95. The molecule has 0 unspecified atom stereocenters. The highest BCUT2D eigenvalue weighted by molar-refractivity contribution is 7.80. The second kappa shape index (κ2) is 5.68. The maximum Gasteiger partial charge on any atom is 0.119 e. The number of thiocarbonyl (C=S) groups is 1. The van der Waals surface area contributed by atoms with Crippen LogP contribution in [0.1, 0.15) is 5.56 Å². The van der Waals surface area contributed by atoms with Gasteiger partial charge in [-0.25, -0.2) is 0 Å². The third kappa shape index (κ3) is 4.27. The van der Waals surface area contributed by atoms with Gasteiger partial charge < -0.3 is 15.4 Å². The topological polar surface area (TPSA) is 38.5 Å². The Bertz CT molecular complexity index is 322. The molecule has 1 aromatic rings. The molecule has 0 spiro atoms. The fourth-order valence-corrected chi connectivity index (χ4v) is 1.20. The van der Waals surface area contributed by atoms with E-state index in [9.17, 15) is 0 Å². The normalized spacial score (nSPS) is 10.3. The lowest BCUT2D eigenvalue weighted by Gasteiger charge is -2.11. The summed E-state index contributed by atoms with van der Waals surface area (Å²) < 4.78 is 5.53. The summed E-state index contributed by atoms with van der Waals surface area (Å²) in [5.74, 6) is 0.844. The van der Waals surface area contributed by atoms with E-state index in [0.29, 0.717) is 11.6 Å². The lowest BCUT2D eigenvalue weighted by Crippen LogP contribution is -2.19. The molecule has 0 aromatic heterocycles. The van der Waals surface area contributed by atoms with E-state index in [4.69, 9.17) is 22.7 Å². The molecule has 1 aromatic carbocycles. The van der Waals surface area contributed by atoms with Gasteiger partial charge in [-0.15, -0.1) is 0 Å². The first kappa shape index (κ1) is 11.9. The third-order valence-corrected chi connectivity index (χ3v) is 2.18. The number of benzene rings is 1. The molecule has 0 aliphatic rings. The van der Waals surface area contributed by atoms with E-state index in [1.54, 1.807) is 0 Å². The highest BCUT2D eigenvalue weighted by atomic mass is 32.1. The first-order valence-electron chi connectivity index (χ1n) is 4.77. The first-order chi connectivity index (χ1) is 7.09. The van der Waals surface area contributed by atoms with Crippen LogP contribution in [0.4, 0.5) is 0 Å². The smallest absolute Gasteiger partial charge is 0.119 e. The van der Waals surface area contributed by atoms with E-state index in [1.165, 1.54) is 0 Å². The Hall–Kier alpha value is -1.13. The summed E-state index contributed by atoms with van der Waals surface area (Å²) in [5.41, 5.74) is 6.35. The van der Waals surface area contributed by atoms with Crippen molar-refractivity contribution in [3.63, 3.8) is 0 Å². The fraction of sp³-hybridized carbons (Fsp3) is 0.364. The maximum absolute atomic E-state index is 5.53. The second-order valence-electron chi connectivity index (χ2n) is 3.54. The van der Waals surface area contributed by atoms with Gasteiger partial charge in [0.05, 0.1) is 0 Å². The van der Waals surface area contributed by atoms with Gasteiger partial charge in [-0.3, -0.25) is 0 Å². The average molecular weight is 224 g/mol. The van der Waals surface area contributed by atoms with Gasteiger partial charge in [0.15, 0.2) is 0 Å². The van der Waals surface area contributed by atoms with E-state index in [-0.39, 0.29) is 0 Å². The highest BCUT2D eigenvalue weighted by Gasteiger charge is 1.97. The zero-order valence-corrected chi connectivity index (χ0v) is 9.88. The van der Waals surface area contributed by atoms with Crippen molar-refractivity contribution in [2.24, 2.45) is 5.73 Å². The van der Waals surface area contributed by atoms with Crippen LogP contribution < -0.4 is 10.5 Å². The average Bonchev–Trinajstić information content (AvgIpc) is 2.18. The van der Waals surface area contributed by atoms with Gasteiger partial charge in [-0.2, -0.15) is 0 Å². The Morgan fingerprint density at radius 1 is 1.33 bits per heavy atom. The molecule has 0 saturated heterocycles. The number of ether oxygens (including phenoxy) is 1. The minimum Gasteiger partial charge on any atom is -0.492 e. The molecule has 3 nitrogen and oxygen atoms in total. The van der Waals surface area contributed by atoms with Crippen LogP contribution in [0.25, 0.3) is 0 Å². The van der Waals surface area contributed by atoms with Gasteiger partial charge in [0, 0.05) is 12.1 Å². The minimum atomic E-state index is 0.412. The molecule has 82 valence electrons. The number of likely N-dealkylation sites (N-methyl/N-ethyl adjacent to an activating group) is 1. The number of hydrogen-bond donors (Lipinski definition) is 1. The van der Waals surface area contributed by atoms with Crippen LogP contribution in [0.3, 0.4) is 0 Å². The van der Waals surface area contributed by atoms with Crippen molar-refractivity contribution >= 4 is 17.2 Å². The monoisotopic (exact) mass is 224 g/mol. The Morgan fingerprint density at radius 2 is 1.93 bits per heavy atom. The van der Waals surface area contributed by atoms with Crippen molar-refractivity contribution in [1.82, 2.24) is 4.90 Å². The van der Waals surface area contributed by atoms with Gasteiger partial charge in [-0.05, 0) is 38.4 Å². The molecule has 0 aliphatic heterocycles. The van der Waals surface area contributed by atoms with Gasteiger partial charge in [0.25, 0.3) is 0 Å². The lowest BCUT2D eigenvalue weighted by molar-refractivity contribution is 0.261. The molecule has 0 heterocycles. The van der Waals surface area contributed by atoms with E-state index < -0.39 is 0 Å². The molecule has 0 aliphatic carbocycles. The molecule has 0 bridgehead atoms. The van der Waals surface area contributed by atoms with Crippen molar-refractivity contribution in [3.05, 3.63) is 29.8 Å². The number of nitrogens with two attached hydrogens (primary N) is 1. The van der Waals surface area contributed by atoms with E-state index in [1.807, 2.05) is 38.4 Å².